The summed E-state index contributed by atoms with van der Waals surface area (Å²) in [6.45, 7) is 10.5. The Morgan fingerprint density at radius 2 is 1.73 bits per heavy atom. The minimum atomic E-state index is -1.14. The molecule has 0 spiro atoms. The maximum Gasteiger partial charge on any atom is 0.289 e. The highest BCUT2D eigenvalue weighted by atomic mass is 16.5. The largest absolute Gasteiger partial charge is 0.486 e. The van der Waals surface area contributed by atoms with Crippen LogP contribution < -0.4 is 26.0 Å². The van der Waals surface area contributed by atoms with Crippen LogP contribution in [0.3, 0.4) is 0 Å². The number of benzene rings is 1. The highest BCUT2D eigenvalue weighted by Gasteiger charge is 2.33. The van der Waals surface area contributed by atoms with E-state index in [0.29, 0.717) is 17.1 Å². The van der Waals surface area contributed by atoms with Crippen molar-refractivity contribution in [2.45, 2.75) is 90.6 Å². The molecule has 0 unspecified atom stereocenters. The fourth-order valence-electron chi connectivity index (χ4n) is 4.86. The summed E-state index contributed by atoms with van der Waals surface area (Å²) in [5.41, 5.74) is 0.609. The summed E-state index contributed by atoms with van der Waals surface area (Å²) in [6.07, 6.45) is 8.22. The fourth-order valence-corrected chi connectivity index (χ4v) is 4.86. The topological polar surface area (TPSA) is 161 Å². The minimum Gasteiger partial charge on any atom is -0.486 e. The number of carbonyl (C=O) groups excluding carboxylic acids is 5. The van der Waals surface area contributed by atoms with Crippen LogP contribution in [0.15, 0.2) is 48.8 Å². The zero-order chi connectivity index (χ0) is 32.4. The number of imidazole rings is 1. The summed E-state index contributed by atoms with van der Waals surface area (Å²) in [7, 11) is 1.85. The quantitative estimate of drug-likeness (QED) is 0.189. The molecule has 12 nitrogen and oxygen atoms in total. The van der Waals surface area contributed by atoms with E-state index in [1.165, 1.54) is 6.92 Å². The van der Waals surface area contributed by atoms with Gasteiger partial charge in [0, 0.05) is 31.0 Å². The molecule has 1 aliphatic rings. The Labute approximate surface area is 258 Å². The van der Waals surface area contributed by atoms with Gasteiger partial charge < -0.3 is 30.6 Å². The van der Waals surface area contributed by atoms with Crippen LogP contribution in [-0.2, 0) is 32.8 Å². The summed E-state index contributed by atoms with van der Waals surface area (Å²) in [4.78, 5) is 69.0. The van der Waals surface area contributed by atoms with Gasteiger partial charge in [-0.3, -0.25) is 24.0 Å². The number of aromatic nitrogens is 2. The van der Waals surface area contributed by atoms with E-state index in [1.54, 1.807) is 57.4 Å². The average Bonchev–Trinajstić information content (AvgIpc) is 3.41. The molecule has 2 aromatic rings. The zero-order valence-electron chi connectivity index (χ0n) is 26.1. The SMILES string of the molecule is C=C(C)[C@H](NC(=O)c1cccc(OCc2nccn2C)c1)C(=O)N[C@@H](C)C(=O)N[C@H](C(=O)C(=O)NC1CCCCC1)C(C)C. The van der Waals surface area contributed by atoms with E-state index in [-0.39, 0.29) is 24.1 Å². The lowest BCUT2D eigenvalue weighted by atomic mass is 9.94. The molecule has 1 aromatic carbocycles. The summed E-state index contributed by atoms with van der Waals surface area (Å²) < 4.78 is 7.59. The predicted octanol–water partition coefficient (Wildman–Crippen LogP) is 2.34. The van der Waals surface area contributed by atoms with Gasteiger partial charge in [0.05, 0.1) is 6.04 Å². The number of ether oxygens (including phenoxy) is 1. The van der Waals surface area contributed by atoms with E-state index in [4.69, 9.17) is 4.74 Å². The van der Waals surface area contributed by atoms with E-state index >= 15 is 0 Å². The first-order valence-electron chi connectivity index (χ1n) is 15.0. The van der Waals surface area contributed by atoms with Crippen LogP contribution in [0.5, 0.6) is 5.75 Å². The monoisotopic (exact) mass is 608 g/mol. The van der Waals surface area contributed by atoms with Crippen LogP contribution in [0.25, 0.3) is 0 Å². The lowest BCUT2D eigenvalue weighted by Gasteiger charge is -2.26. The standard InChI is InChI=1S/C32H44N6O6/c1-19(2)26(28(39)32(43)35-23-12-8-7-9-13-23)36-29(40)21(5)34-31(42)27(20(3)4)37-30(41)22-11-10-14-24(17-22)44-18-25-33-15-16-38(25)6/h10-11,14-17,19,21,23,26-27H,3,7-9,12-13,18H2,1-2,4-6H3,(H,34,42)(H,35,43)(H,36,40)(H,37,41)/t21-,26-,27-/m0/s1. The van der Waals surface area contributed by atoms with Crippen molar-refractivity contribution in [1.29, 1.82) is 0 Å². The molecule has 238 valence electrons. The molecule has 0 saturated heterocycles. The third-order valence-electron chi connectivity index (χ3n) is 7.58. The highest BCUT2D eigenvalue weighted by Crippen LogP contribution is 2.18. The maximum atomic E-state index is 13.2. The molecule has 44 heavy (non-hydrogen) atoms. The second kappa shape index (κ2) is 15.8. The molecule has 0 bridgehead atoms. The van der Waals surface area contributed by atoms with Crippen LogP contribution in [-0.4, -0.2) is 63.1 Å². The van der Waals surface area contributed by atoms with Crippen molar-refractivity contribution in [3.8, 4) is 5.75 Å². The van der Waals surface area contributed by atoms with Crippen molar-refractivity contribution >= 4 is 29.4 Å². The van der Waals surface area contributed by atoms with Gasteiger partial charge in [0.1, 0.15) is 30.3 Å². The van der Waals surface area contributed by atoms with Gasteiger partial charge >= 0.3 is 0 Å². The third kappa shape index (κ3) is 9.51. The van der Waals surface area contributed by atoms with Crippen LogP contribution in [0, 0.1) is 5.92 Å². The first-order chi connectivity index (χ1) is 20.9. The molecule has 3 rings (SSSR count). The molecule has 1 fully saturated rings. The highest BCUT2D eigenvalue weighted by molar-refractivity contribution is 6.38. The molecule has 12 heteroatoms. The van der Waals surface area contributed by atoms with Crippen molar-refractivity contribution in [3.05, 3.63) is 60.2 Å². The number of rotatable bonds is 14. The molecule has 0 aliphatic heterocycles. The number of nitrogens with one attached hydrogen (secondary N) is 4. The molecule has 4 amide bonds. The van der Waals surface area contributed by atoms with Crippen molar-refractivity contribution in [3.63, 3.8) is 0 Å². The number of hydrogen-bond acceptors (Lipinski definition) is 7. The lowest BCUT2D eigenvalue weighted by Crippen LogP contribution is -2.57. The van der Waals surface area contributed by atoms with Gasteiger partial charge in [-0.15, -0.1) is 0 Å². The van der Waals surface area contributed by atoms with Gasteiger partial charge in [0.15, 0.2) is 0 Å². The number of carbonyl (C=O) groups is 5. The molecular formula is C32H44N6O6. The van der Waals surface area contributed by atoms with Crippen molar-refractivity contribution in [1.82, 2.24) is 30.8 Å². The summed E-state index contributed by atoms with van der Waals surface area (Å²) in [6, 6.07) is 3.18. The van der Waals surface area contributed by atoms with Crippen LogP contribution in [0.2, 0.25) is 0 Å². The second-order valence-corrected chi connectivity index (χ2v) is 11.7. The molecule has 4 N–H and O–H groups in total. The molecule has 1 aliphatic carbocycles. The Kier molecular flexibility index (Phi) is 12.2. The zero-order valence-corrected chi connectivity index (χ0v) is 26.1. The Morgan fingerprint density at radius 3 is 2.34 bits per heavy atom. The third-order valence-corrected chi connectivity index (χ3v) is 7.58. The van der Waals surface area contributed by atoms with E-state index < -0.39 is 47.5 Å². The number of ketones is 1. The molecule has 1 saturated carbocycles. The molecular weight excluding hydrogens is 564 g/mol. The van der Waals surface area contributed by atoms with Gasteiger partial charge in [-0.25, -0.2) is 4.98 Å². The molecule has 1 aromatic heterocycles. The van der Waals surface area contributed by atoms with Crippen LogP contribution in [0.4, 0.5) is 0 Å². The fraction of sp³-hybridized carbons (Fsp3) is 0.500. The minimum absolute atomic E-state index is 0.0438. The number of amides is 4. The van der Waals surface area contributed by atoms with Crippen molar-refractivity contribution in [2.75, 3.05) is 0 Å². The number of hydrogen-bond donors (Lipinski definition) is 4. The number of nitrogens with zero attached hydrogens (tertiary/aromatic N) is 2. The van der Waals surface area contributed by atoms with Crippen molar-refractivity contribution in [2.24, 2.45) is 13.0 Å². The predicted molar refractivity (Wildman–Crippen MR) is 164 cm³/mol. The van der Waals surface area contributed by atoms with Gasteiger partial charge in [0.25, 0.3) is 11.8 Å². The first-order valence-corrected chi connectivity index (χ1v) is 15.0. The summed E-state index contributed by atoms with van der Waals surface area (Å²) in [5, 5.41) is 10.6. The molecule has 3 atom stereocenters. The smallest absolute Gasteiger partial charge is 0.289 e. The molecule has 0 radical (unpaired) electrons. The second-order valence-electron chi connectivity index (χ2n) is 11.7. The first kappa shape index (κ1) is 34.0. The number of aryl methyl sites for hydroxylation is 1. The van der Waals surface area contributed by atoms with E-state index in [0.717, 1.165) is 32.1 Å². The van der Waals surface area contributed by atoms with E-state index in [1.807, 2.05) is 11.6 Å². The summed E-state index contributed by atoms with van der Waals surface area (Å²) >= 11 is 0. The van der Waals surface area contributed by atoms with Gasteiger partial charge in [-0.1, -0.05) is 45.8 Å². The van der Waals surface area contributed by atoms with Gasteiger partial charge in [0.2, 0.25) is 17.6 Å². The van der Waals surface area contributed by atoms with E-state index in [2.05, 4.69) is 32.8 Å². The average molecular weight is 609 g/mol. The number of Topliss-reactive ketones (excluding diaryl/α,β-unsaturated/α-hetero) is 1. The summed E-state index contributed by atoms with van der Waals surface area (Å²) in [5.74, 6) is -2.48. The Hall–Kier alpha value is -4.48. The lowest BCUT2D eigenvalue weighted by molar-refractivity contribution is -0.141. The normalized spacial score (nSPS) is 15.4. The van der Waals surface area contributed by atoms with Gasteiger partial charge in [-0.05, 0) is 56.4 Å². The van der Waals surface area contributed by atoms with Crippen LogP contribution >= 0.6 is 0 Å². The van der Waals surface area contributed by atoms with E-state index in [9.17, 15) is 24.0 Å². The Morgan fingerprint density at radius 1 is 1.02 bits per heavy atom. The molecule has 1 heterocycles. The van der Waals surface area contributed by atoms with Crippen molar-refractivity contribution < 1.29 is 28.7 Å². The van der Waals surface area contributed by atoms with Gasteiger partial charge in [-0.2, -0.15) is 0 Å². The Balaban J connectivity index is 1.58. The Bertz CT molecular complexity index is 1360. The maximum absolute atomic E-state index is 13.2. The van der Waals surface area contributed by atoms with Crippen LogP contribution in [0.1, 0.15) is 76.0 Å².